The Hall–Kier alpha value is -2.59. The van der Waals surface area contributed by atoms with Crippen molar-refractivity contribution in [3.63, 3.8) is 0 Å². The fourth-order valence-corrected chi connectivity index (χ4v) is 8.42. The molecular weight excluding hydrogens is 518 g/mol. The molecule has 0 unspecified atom stereocenters. The third-order valence-corrected chi connectivity index (χ3v) is 10.6. The maximum atomic E-state index is 13.3. The number of unbranched alkanes of at least 4 members (excludes halogenated alkanes) is 1. The highest BCUT2D eigenvalue weighted by Gasteiger charge is 2.68. The molecule has 10 nitrogen and oxygen atoms in total. The first-order valence-electron chi connectivity index (χ1n) is 14.6. The van der Waals surface area contributed by atoms with Crippen LogP contribution in [0.2, 0.25) is 0 Å². The highest BCUT2D eigenvalue weighted by Crippen LogP contribution is 2.67. The third kappa shape index (κ3) is 5.62. The zero-order valence-corrected chi connectivity index (χ0v) is 23.6. The summed E-state index contributed by atoms with van der Waals surface area (Å²) in [5.74, 6) is -2.29. The summed E-state index contributed by atoms with van der Waals surface area (Å²) in [6, 6.07) is 0. The summed E-state index contributed by atoms with van der Waals surface area (Å²) in [5, 5.41) is 34.5. The van der Waals surface area contributed by atoms with Crippen molar-refractivity contribution in [2.75, 3.05) is 13.2 Å². The lowest BCUT2D eigenvalue weighted by atomic mass is 9.45. The minimum Gasteiger partial charge on any atom is -0.481 e. The SMILES string of the molecule is C[C@]12CCC(=O)C=C1CC[C@H]1[C@H]2[C@@H](O)C[C@@]2(C)[C@@H]1CC[C@]2(O)C(=O)COC(=O)CCC(=O)NCCCCC(=O)O. The number of hydrogen-bond donors (Lipinski definition) is 4. The number of fused-ring (bicyclic) bond motifs is 5. The van der Waals surface area contributed by atoms with Gasteiger partial charge in [0.25, 0.3) is 0 Å². The Morgan fingerprint density at radius 3 is 2.52 bits per heavy atom. The van der Waals surface area contributed by atoms with Gasteiger partial charge in [0.1, 0.15) is 5.60 Å². The molecule has 10 heteroatoms. The molecule has 40 heavy (non-hydrogen) atoms. The smallest absolute Gasteiger partial charge is 0.306 e. The van der Waals surface area contributed by atoms with Gasteiger partial charge < -0.3 is 25.4 Å². The number of carbonyl (C=O) groups excluding carboxylic acids is 4. The summed E-state index contributed by atoms with van der Waals surface area (Å²) >= 11 is 0. The lowest BCUT2D eigenvalue weighted by molar-refractivity contribution is -0.184. The first-order valence-corrected chi connectivity index (χ1v) is 14.6. The van der Waals surface area contributed by atoms with Gasteiger partial charge in [-0.2, -0.15) is 0 Å². The predicted molar refractivity (Wildman–Crippen MR) is 143 cm³/mol. The standard InChI is InChI=1S/C30H43NO9/c1-28-12-10-19(32)15-18(28)6-7-20-21-11-13-30(39,29(21,2)16-22(33)27(20)28)23(34)17-40-26(38)9-8-24(35)31-14-4-3-5-25(36)37/h15,20-22,27,33,39H,3-14,16-17H2,1-2H3,(H,31,35)(H,36,37)/t20-,21-,22+,27+,28+,29+,30+/m1/s1. The van der Waals surface area contributed by atoms with Gasteiger partial charge in [0.05, 0.1) is 12.5 Å². The fourth-order valence-electron chi connectivity index (χ4n) is 8.42. The van der Waals surface area contributed by atoms with Gasteiger partial charge in [0.15, 0.2) is 12.4 Å². The van der Waals surface area contributed by atoms with Crippen molar-refractivity contribution in [1.29, 1.82) is 0 Å². The molecule has 4 aliphatic rings. The van der Waals surface area contributed by atoms with E-state index >= 15 is 0 Å². The molecule has 7 atom stereocenters. The van der Waals surface area contributed by atoms with E-state index in [9.17, 15) is 34.2 Å². The van der Waals surface area contributed by atoms with Gasteiger partial charge in [-0.25, -0.2) is 0 Å². The van der Waals surface area contributed by atoms with Crippen LogP contribution in [0.25, 0.3) is 0 Å². The summed E-state index contributed by atoms with van der Waals surface area (Å²) in [6.07, 6.45) is 5.61. The summed E-state index contributed by atoms with van der Waals surface area (Å²) in [7, 11) is 0. The number of hydrogen-bond acceptors (Lipinski definition) is 8. The van der Waals surface area contributed by atoms with E-state index in [1.54, 1.807) is 6.08 Å². The number of ether oxygens (including phenoxy) is 1. The molecule has 0 saturated heterocycles. The Bertz CT molecular complexity index is 1090. The number of allylic oxidation sites excluding steroid dienone is 1. The van der Waals surface area contributed by atoms with Crippen molar-refractivity contribution in [2.45, 2.75) is 103 Å². The summed E-state index contributed by atoms with van der Waals surface area (Å²) in [4.78, 5) is 60.1. The highest BCUT2D eigenvalue weighted by atomic mass is 16.5. The van der Waals surface area contributed by atoms with E-state index in [1.807, 2.05) is 6.92 Å². The first-order chi connectivity index (χ1) is 18.8. The Morgan fingerprint density at radius 1 is 1.05 bits per heavy atom. The summed E-state index contributed by atoms with van der Waals surface area (Å²) in [6.45, 7) is 3.75. The van der Waals surface area contributed by atoms with E-state index in [-0.39, 0.29) is 67.0 Å². The van der Waals surface area contributed by atoms with Crippen molar-refractivity contribution in [2.24, 2.45) is 28.6 Å². The normalized spacial score (nSPS) is 36.5. The molecule has 3 saturated carbocycles. The molecule has 4 aliphatic carbocycles. The molecular formula is C30H43NO9. The Labute approximate surface area is 234 Å². The zero-order chi connectivity index (χ0) is 29.3. The van der Waals surface area contributed by atoms with Crippen molar-refractivity contribution in [1.82, 2.24) is 5.32 Å². The molecule has 0 aromatic carbocycles. The molecule has 0 heterocycles. The van der Waals surface area contributed by atoms with Crippen LogP contribution in [0.4, 0.5) is 0 Å². The highest BCUT2D eigenvalue weighted by molar-refractivity contribution is 5.92. The van der Waals surface area contributed by atoms with Crippen LogP contribution in [0.1, 0.15) is 90.9 Å². The second-order valence-electron chi connectivity index (χ2n) is 12.8. The maximum absolute atomic E-state index is 13.3. The molecule has 0 radical (unpaired) electrons. The lowest BCUT2D eigenvalue weighted by Gasteiger charge is -2.60. The maximum Gasteiger partial charge on any atom is 0.306 e. The van der Waals surface area contributed by atoms with Crippen molar-refractivity contribution >= 4 is 29.4 Å². The van der Waals surface area contributed by atoms with Crippen molar-refractivity contribution in [3.05, 3.63) is 11.6 Å². The number of ketones is 2. The molecule has 222 valence electrons. The average molecular weight is 562 g/mol. The van der Waals surface area contributed by atoms with E-state index in [4.69, 9.17) is 9.84 Å². The lowest BCUT2D eigenvalue weighted by Crippen LogP contribution is -2.62. The molecule has 0 spiro atoms. The minimum atomic E-state index is -1.73. The van der Waals surface area contributed by atoms with Crippen LogP contribution in [0.5, 0.6) is 0 Å². The molecule has 3 fully saturated rings. The number of aliphatic hydroxyl groups excluding tert-OH is 1. The van der Waals surface area contributed by atoms with Gasteiger partial charge in [0.2, 0.25) is 11.7 Å². The number of esters is 1. The Balaban J connectivity index is 1.31. The van der Waals surface area contributed by atoms with Crippen LogP contribution in [0.3, 0.4) is 0 Å². The van der Waals surface area contributed by atoms with Crippen molar-refractivity contribution in [3.8, 4) is 0 Å². The topological polar surface area (TPSA) is 167 Å². The number of rotatable bonds is 11. The zero-order valence-electron chi connectivity index (χ0n) is 23.6. The van der Waals surface area contributed by atoms with Crippen LogP contribution in [0, 0.1) is 28.6 Å². The number of aliphatic hydroxyl groups is 2. The largest absolute Gasteiger partial charge is 0.481 e. The number of Topliss-reactive ketones (excluding diaryl/α,β-unsaturated/α-hetero) is 1. The van der Waals surface area contributed by atoms with Gasteiger partial charge in [0, 0.05) is 31.2 Å². The van der Waals surface area contributed by atoms with Gasteiger partial charge in [-0.05, 0) is 80.6 Å². The molecule has 0 aromatic heterocycles. The average Bonchev–Trinajstić information content (AvgIpc) is 3.16. The van der Waals surface area contributed by atoms with Gasteiger partial charge in [-0.3, -0.25) is 24.0 Å². The number of nitrogens with one attached hydrogen (secondary N) is 1. The molecule has 0 aliphatic heterocycles. The van der Waals surface area contributed by atoms with Crippen LogP contribution < -0.4 is 5.32 Å². The number of aliphatic carboxylic acids is 1. The monoisotopic (exact) mass is 561 g/mol. The minimum absolute atomic E-state index is 0.0285. The number of carboxylic acid groups (broad SMARTS) is 1. The van der Waals surface area contributed by atoms with Crippen LogP contribution in [-0.2, 0) is 28.7 Å². The van der Waals surface area contributed by atoms with Gasteiger partial charge in [-0.1, -0.05) is 19.4 Å². The molecule has 1 amide bonds. The third-order valence-electron chi connectivity index (χ3n) is 10.6. The van der Waals surface area contributed by atoms with Crippen LogP contribution in [0.15, 0.2) is 11.6 Å². The van der Waals surface area contributed by atoms with E-state index in [0.29, 0.717) is 38.6 Å². The van der Waals surface area contributed by atoms with Crippen LogP contribution >= 0.6 is 0 Å². The van der Waals surface area contributed by atoms with E-state index < -0.39 is 41.4 Å². The number of amides is 1. The van der Waals surface area contributed by atoms with E-state index in [1.165, 1.54) is 0 Å². The molecule has 4 N–H and O–H groups in total. The van der Waals surface area contributed by atoms with Gasteiger partial charge in [-0.15, -0.1) is 0 Å². The second kappa shape index (κ2) is 11.7. The van der Waals surface area contributed by atoms with E-state index in [2.05, 4.69) is 12.2 Å². The van der Waals surface area contributed by atoms with Crippen molar-refractivity contribution < 1.29 is 44.0 Å². The van der Waals surface area contributed by atoms with Gasteiger partial charge >= 0.3 is 11.9 Å². The molecule has 4 rings (SSSR count). The Morgan fingerprint density at radius 2 is 1.80 bits per heavy atom. The quantitative estimate of drug-likeness (QED) is 0.219. The summed E-state index contributed by atoms with van der Waals surface area (Å²) in [5.41, 5.74) is -1.73. The second-order valence-corrected chi connectivity index (χ2v) is 12.8. The predicted octanol–water partition coefficient (Wildman–Crippen LogP) is 2.48. The molecule has 0 aromatic rings. The van der Waals surface area contributed by atoms with Crippen LogP contribution in [-0.4, -0.2) is 69.6 Å². The summed E-state index contributed by atoms with van der Waals surface area (Å²) < 4.78 is 5.16. The number of carboxylic acids is 1. The van der Waals surface area contributed by atoms with E-state index in [0.717, 1.165) is 18.4 Å². The number of carbonyl (C=O) groups is 5. The first kappa shape index (κ1) is 30.4. The fraction of sp³-hybridized carbons (Fsp3) is 0.767. The Kier molecular flexibility index (Phi) is 8.90. The molecule has 0 bridgehead atoms.